The second-order valence-corrected chi connectivity index (χ2v) is 6.94. The van der Waals surface area contributed by atoms with E-state index in [2.05, 4.69) is 51.2 Å². The molecule has 118 valence electrons. The zero-order chi connectivity index (χ0) is 15.3. The van der Waals surface area contributed by atoms with E-state index in [1.165, 1.54) is 24.0 Å². The molecule has 1 saturated heterocycles. The van der Waals surface area contributed by atoms with Crippen molar-refractivity contribution in [1.29, 1.82) is 0 Å². The summed E-state index contributed by atoms with van der Waals surface area (Å²) in [6.07, 6.45) is 2.77. The van der Waals surface area contributed by atoms with Crippen LogP contribution in [0.4, 0.5) is 0 Å². The molecule has 3 heteroatoms. The maximum Gasteiger partial charge on any atom is 0.123 e. The molecule has 1 atom stereocenters. The second kappa shape index (κ2) is 7.28. The maximum atomic E-state index is 5.98. The fourth-order valence-corrected chi connectivity index (χ4v) is 2.66. The molecule has 1 aromatic carbocycles. The molecule has 1 aliphatic rings. The number of hydrogen-bond donors (Lipinski definition) is 1. The number of nitrogens with one attached hydrogen (secondary N) is 1. The van der Waals surface area contributed by atoms with Gasteiger partial charge in [-0.2, -0.15) is 0 Å². The lowest BCUT2D eigenvalue weighted by Gasteiger charge is -2.23. The van der Waals surface area contributed by atoms with Crippen LogP contribution in [0.1, 0.15) is 44.7 Å². The summed E-state index contributed by atoms with van der Waals surface area (Å²) in [4.78, 5) is 0. The predicted molar refractivity (Wildman–Crippen MR) is 87.2 cm³/mol. The van der Waals surface area contributed by atoms with Crippen molar-refractivity contribution in [3.8, 4) is 5.75 Å². The summed E-state index contributed by atoms with van der Waals surface area (Å²) in [5.41, 5.74) is 2.66. The fraction of sp³-hybridized carbons (Fsp3) is 0.667. The first-order valence-electron chi connectivity index (χ1n) is 8.03. The summed E-state index contributed by atoms with van der Waals surface area (Å²) in [5.74, 6) is 1.01. The van der Waals surface area contributed by atoms with Crippen molar-refractivity contribution in [2.45, 2.75) is 52.1 Å². The molecule has 2 rings (SSSR count). The SMILES string of the molecule is Cc1ccc(OCCNCC2CCCO2)c(C(C)(C)C)c1. The van der Waals surface area contributed by atoms with Crippen LogP contribution in [-0.2, 0) is 10.2 Å². The normalized spacial score (nSPS) is 19.0. The van der Waals surface area contributed by atoms with E-state index < -0.39 is 0 Å². The van der Waals surface area contributed by atoms with Crippen LogP contribution in [0.15, 0.2) is 18.2 Å². The van der Waals surface area contributed by atoms with Gasteiger partial charge in [-0.15, -0.1) is 0 Å². The Balaban J connectivity index is 1.79. The van der Waals surface area contributed by atoms with Crippen LogP contribution < -0.4 is 10.1 Å². The molecule has 0 amide bonds. The van der Waals surface area contributed by atoms with Gasteiger partial charge in [0.1, 0.15) is 12.4 Å². The van der Waals surface area contributed by atoms with Gasteiger partial charge < -0.3 is 14.8 Å². The van der Waals surface area contributed by atoms with E-state index in [0.717, 1.165) is 25.4 Å². The minimum atomic E-state index is 0.104. The highest BCUT2D eigenvalue weighted by molar-refractivity contribution is 5.41. The maximum absolute atomic E-state index is 5.98. The molecule has 0 spiro atoms. The zero-order valence-electron chi connectivity index (χ0n) is 13.9. The summed E-state index contributed by atoms with van der Waals surface area (Å²) in [6.45, 7) is 12.2. The van der Waals surface area contributed by atoms with Crippen LogP contribution in [0.3, 0.4) is 0 Å². The van der Waals surface area contributed by atoms with Gasteiger partial charge >= 0.3 is 0 Å². The highest BCUT2D eigenvalue weighted by Gasteiger charge is 2.19. The quantitative estimate of drug-likeness (QED) is 0.814. The topological polar surface area (TPSA) is 30.5 Å². The van der Waals surface area contributed by atoms with Crippen LogP contribution in [-0.4, -0.2) is 32.4 Å². The van der Waals surface area contributed by atoms with Crippen molar-refractivity contribution in [2.75, 3.05) is 26.3 Å². The summed E-state index contributed by atoms with van der Waals surface area (Å²) in [7, 11) is 0. The number of ether oxygens (including phenoxy) is 2. The van der Waals surface area contributed by atoms with E-state index in [1.54, 1.807) is 0 Å². The number of aryl methyl sites for hydroxylation is 1. The molecule has 3 nitrogen and oxygen atoms in total. The van der Waals surface area contributed by atoms with Gasteiger partial charge in [0.15, 0.2) is 0 Å². The third-order valence-corrected chi connectivity index (χ3v) is 3.88. The molecule has 1 unspecified atom stereocenters. The minimum Gasteiger partial charge on any atom is -0.492 e. The van der Waals surface area contributed by atoms with Gasteiger partial charge in [-0.3, -0.25) is 0 Å². The molecule has 0 saturated carbocycles. The Morgan fingerprint density at radius 1 is 1.33 bits per heavy atom. The first-order valence-corrected chi connectivity index (χ1v) is 8.03. The average molecular weight is 291 g/mol. The smallest absolute Gasteiger partial charge is 0.123 e. The van der Waals surface area contributed by atoms with Crippen LogP contribution in [0.5, 0.6) is 5.75 Å². The Morgan fingerprint density at radius 3 is 2.81 bits per heavy atom. The lowest BCUT2D eigenvalue weighted by atomic mass is 9.85. The number of benzene rings is 1. The number of rotatable bonds is 6. The molecule has 1 heterocycles. The Kier molecular flexibility index (Phi) is 5.65. The van der Waals surface area contributed by atoms with Crippen LogP contribution >= 0.6 is 0 Å². The van der Waals surface area contributed by atoms with E-state index in [-0.39, 0.29) is 5.41 Å². The van der Waals surface area contributed by atoms with Gasteiger partial charge in [-0.1, -0.05) is 38.5 Å². The minimum absolute atomic E-state index is 0.104. The van der Waals surface area contributed by atoms with Gasteiger partial charge in [-0.05, 0) is 36.8 Å². The van der Waals surface area contributed by atoms with Gasteiger partial charge in [0, 0.05) is 19.7 Å². The third kappa shape index (κ3) is 5.01. The summed E-state index contributed by atoms with van der Waals surface area (Å²) < 4.78 is 11.6. The Labute approximate surface area is 129 Å². The largest absolute Gasteiger partial charge is 0.492 e. The summed E-state index contributed by atoms with van der Waals surface area (Å²) in [6, 6.07) is 6.44. The van der Waals surface area contributed by atoms with Crippen molar-refractivity contribution in [3.05, 3.63) is 29.3 Å². The van der Waals surface area contributed by atoms with Gasteiger partial charge in [0.05, 0.1) is 6.10 Å². The monoisotopic (exact) mass is 291 g/mol. The zero-order valence-corrected chi connectivity index (χ0v) is 13.9. The highest BCUT2D eigenvalue weighted by atomic mass is 16.5. The van der Waals surface area contributed by atoms with E-state index in [4.69, 9.17) is 9.47 Å². The standard InChI is InChI=1S/C18H29NO2/c1-14-7-8-17(16(12-14)18(2,3)4)21-11-9-19-13-15-6-5-10-20-15/h7-8,12,15,19H,5-6,9-11,13H2,1-4H3. The molecule has 1 fully saturated rings. The van der Waals surface area contributed by atoms with E-state index in [1.807, 2.05) is 0 Å². The van der Waals surface area contributed by atoms with E-state index in [9.17, 15) is 0 Å². The van der Waals surface area contributed by atoms with Crippen LogP contribution in [0.25, 0.3) is 0 Å². The molecule has 1 aliphatic heterocycles. The molecule has 0 radical (unpaired) electrons. The number of hydrogen-bond acceptors (Lipinski definition) is 3. The second-order valence-electron chi connectivity index (χ2n) is 6.94. The molecule has 0 aliphatic carbocycles. The van der Waals surface area contributed by atoms with Crippen molar-refractivity contribution in [1.82, 2.24) is 5.32 Å². The Hall–Kier alpha value is -1.06. The molecular formula is C18H29NO2. The molecule has 0 bridgehead atoms. The fourth-order valence-electron chi connectivity index (χ4n) is 2.66. The first-order chi connectivity index (χ1) is 9.97. The molecule has 21 heavy (non-hydrogen) atoms. The van der Waals surface area contributed by atoms with Crippen molar-refractivity contribution >= 4 is 0 Å². The highest BCUT2D eigenvalue weighted by Crippen LogP contribution is 2.32. The van der Waals surface area contributed by atoms with Gasteiger partial charge in [0.25, 0.3) is 0 Å². The summed E-state index contributed by atoms with van der Waals surface area (Å²) >= 11 is 0. The van der Waals surface area contributed by atoms with E-state index in [0.29, 0.717) is 12.7 Å². The van der Waals surface area contributed by atoms with Crippen molar-refractivity contribution in [2.24, 2.45) is 0 Å². The van der Waals surface area contributed by atoms with Gasteiger partial charge in [-0.25, -0.2) is 0 Å². The molecular weight excluding hydrogens is 262 g/mol. The Bertz CT molecular complexity index is 445. The van der Waals surface area contributed by atoms with Crippen LogP contribution in [0.2, 0.25) is 0 Å². The Morgan fingerprint density at radius 2 is 2.14 bits per heavy atom. The lowest BCUT2D eigenvalue weighted by molar-refractivity contribution is 0.109. The van der Waals surface area contributed by atoms with Crippen molar-refractivity contribution < 1.29 is 9.47 Å². The van der Waals surface area contributed by atoms with E-state index >= 15 is 0 Å². The predicted octanol–water partition coefficient (Wildman–Crippen LogP) is 3.44. The van der Waals surface area contributed by atoms with Crippen LogP contribution in [0, 0.1) is 6.92 Å². The third-order valence-electron chi connectivity index (χ3n) is 3.88. The first kappa shape index (κ1) is 16.3. The molecule has 1 N–H and O–H groups in total. The molecule has 0 aromatic heterocycles. The average Bonchev–Trinajstić information content (AvgIpc) is 2.92. The molecule has 1 aromatic rings. The lowest BCUT2D eigenvalue weighted by Crippen LogP contribution is -2.30. The summed E-state index contributed by atoms with van der Waals surface area (Å²) in [5, 5.41) is 3.42. The van der Waals surface area contributed by atoms with Gasteiger partial charge in [0.2, 0.25) is 0 Å². The van der Waals surface area contributed by atoms with Crippen molar-refractivity contribution in [3.63, 3.8) is 0 Å².